The first-order valence-corrected chi connectivity index (χ1v) is 10.3. The van der Waals surface area contributed by atoms with Crippen molar-refractivity contribution in [1.29, 1.82) is 10.5 Å². The van der Waals surface area contributed by atoms with Crippen LogP contribution in [-0.2, 0) is 0 Å². The van der Waals surface area contributed by atoms with E-state index in [1.54, 1.807) is 0 Å². The van der Waals surface area contributed by atoms with Crippen LogP contribution in [0.1, 0.15) is 112 Å². The third kappa shape index (κ3) is 3.90. The number of hydrogen-bond acceptors (Lipinski definition) is 2. The number of nitriles is 2. The summed E-state index contributed by atoms with van der Waals surface area (Å²) >= 11 is 0. The fourth-order valence-corrected chi connectivity index (χ4v) is 5.14. The van der Waals surface area contributed by atoms with Gasteiger partial charge in [0.1, 0.15) is 12.1 Å². The smallest absolute Gasteiger partial charge is 0.101 e. The SMILES string of the molecule is CCCC1CCC(c2ccc(C3CCCCC3)c(C#N)c2C#N)CC1. The second kappa shape index (κ2) is 8.53. The van der Waals surface area contributed by atoms with E-state index in [2.05, 4.69) is 31.2 Å². The minimum absolute atomic E-state index is 0.468. The first kappa shape index (κ1) is 18.0. The van der Waals surface area contributed by atoms with Gasteiger partial charge >= 0.3 is 0 Å². The number of nitrogens with zero attached hydrogens (tertiary/aromatic N) is 2. The maximum Gasteiger partial charge on any atom is 0.101 e. The lowest BCUT2D eigenvalue weighted by molar-refractivity contribution is 0.308. The summed E-state index contributed by atoms with van der Waals surface area (Å²) in [7, 11) is 0. The van der Waals surface area contributed by atoms with Gasteiger partial charge in [0.25, 0.3) is 0 Å². The van der Waals surface area contributed by atoms with Crippen LogP contribution in [0.2, 0.25) is 0 Å². The standard InChI is InChI=1S/C23H30N2/c1-2-6-17-9-11-19(12-10-17)21-14-13-20(18-7-4-3-5-8-18)22(15-24)23(21)16-25/h13-14,17-19H,2-12H2,1H3. The Kier molecular flexibility index (Phi) is 6.14. The van der Waals surface area contributed by atoms with E-state index in [0.29, 0.717) is 23.0 Å². The molecule has 0 amide bonds. The zero-order valence-electron chi connectivity index (χ0n) is 15.6. The van der Waals surface area contributed by atoms with Crippen LogP contribution in [0.4, 0.5) is 0 Å². The molecule has 3 rings (SSSR count). The Morgan fingerprint density at radius 1 is 0.800 bits per heavy atom. The van der Waals surface area contributed by atoms with Crippen molar-refractivity contribution in [1.82, 2.24) is 0 Å². The molecule has 2 aliphatic rings. The Labute approximate surface area is 152 Å². The van der Waals surface area contributed by atoms with Gasteiger partial charge in [-0.15, -0.1) is 0 Å². The van der Waals surface area contributed by atoms with Crippen LogP contribution in [-0.4, -0.2) is 0 Å². The average molecular weight is 335 g/mol. The topological polar surface area (TPSA) is 47.6 Å². The molecule has 1 aromatic rings. The average Bonchev–Trinajstić information content (AvgIpc) is 2.68. The van der Waals surface area contributed by atoms with Crippen molar-refractivity contribution in [2.45, 2.75) is 89.4 Å². The second-order valence-corrected chi connectivity index (χ2v) is 8.06. The molecule has 132 valence electrons. The summed E-state index contributed by atoms with van der Waals surface area (Å²) in [5.74, 6) is 1.81. The third-order valence-corrected chi connectivity index (χ3v) is 6.52. The van der Waals surface area contributed by atoms with Crippen LogP contribution < -0.4 is 0 Å². The molecule has 25 heavy (non-hydrogen) atoms. The van der Waals surface area contributed by atoms with Crippen LogP contribution in [0.25, 0.3) is 0 Å². The van der Waals surface area contributed by atoms with Crippen molar-refractivity contribution >= 4 is 0 Å². The molecule has 0 heterocycles. The van der Waals surface area contributed by atoms with E-state index in [-0.39, 0.29) is 0 Å². The van der Waals surface area contributed by atoms with Crippen LogP contribution in [0.5, 0.6) is 0 Å². The van der Waals surface area contributed by atoms with E-state index < -0.39 is 0 Å². The van der Waals surface area contributed by atoms with E-state index in [1.165, 1.54) is 70.6 Å². The minimum Gasteiger partial charge on any atom is -0.192 e. The van der Waals surface area contributed by atoms with E-state index in [4.69, 9.17) is 0 Å². The van der Waals surface area contributed by atoms with Gasteiger partial charge in [-0.1, -0.05) is 51.2 Å². The summed E-state index contributed by atoms with van der Waals surface area (Å²) in [6, 6.07) is 9.18. The van der Waals surface area contributed by atoms with Gasteiger partial charge in [0, 0.05) is 0 Å². The van der Waals surface area contributed by atoms with E-state index in [0.717, 1.165) is 17.0 Å². The Balaban J connectivity index is 1.86. The maximum atomic E-state index is 9.82. The molecule has 0 saturated heterocycles. The summed E-state index contributed by atoms with van der Waals surface area (Å²) in [4.78, 5) is 0. The highest BCUT2D eigenvalue weighted by atomic mass is 14.4. The normalized spacial score (nSPS) is 24.4. The summed E-state index contributed by atoms with van der Waals surface area (Å²) in [5.41, 5.74) is 3.66. The summed E-state index contributed by atoms with van der Waals surface area (Å²) in [5, 5.41) is 19.6. The monoisotopic (exact) mass is 334 g/mol. The van der Waals surface area contributed by atoms with Gasteiger partial charge < -0.3 is 0 Å². The molecule has 0 radical (unpaired) electrons. The predicted molar refractivity (Wildman–Crippen MR) is 101 cm³/mol. The molecule has 2 heteroatoms. The first-order valence-electron chi connectivity index (χ1n) is 10.3. The molecular formula is C23H30N2. The summed E-state index contributed by atoms with van der Waals surface area (Å²) in [6.45, 7) is 2.27. The van der Waals surface area contributed by atoms with Crippen molar-refractivity contribution in [2.24, 2.45) is 5.92 Å². The minimum atomic E-state index is 0.468. The van der Waals surface area contributed by atoms with Gasteiger partial charge in [0.15, 0.2) is 0 Å². The van der Waals surface area contributed by atoms with Crippen molar-refractivity contribution in [3.8, 4) is 12.1 Å². The van der Waals surface area contributed by atoms with Crippen LogP contribution in [0, 0.1) is 28.6 Å². The second-order valence-electron chi connectivity index (χ2n) is 8.06. The highest BCUT2D eigenvalue weighted by molar-refractivity contribution is 5.56. The zero-order chi connectivity index (χ0) is 17.6. The molecule has 1 aromatic carbocycles. The number of benzene rings is 1. The van der Waals surface area contributed by atoms with Crippen LogP contribution >= 0.6 is 0 Å². The molecule has 0 atom stereocenters. The molecule has 0 spiro atoms. The Bertz CT molecular complexity index is 663. The lowest BCUT2D eigenvalue weighted by Gasteiger charge is -2.30. The van der Waals surface area contributed by atoms with E-state index in [9.17, 15) is 10.5 Å². The molecule has 0 N–H and O–H groups in total. The number of hydrogen-bond donors (Lipinski definition) is 0. The summed E-state index contributed by atoms with van der Waals surface area (Å²) in [6.07, 6.45) is 13.6. The van der Waals surface area contributed by atoms with E-state index in [1.807, 2.05) is 0 Å². The molecular weight excluding hydrogens is 304 g/mol. The van der Waals surface area contributed by atoms with Gasteiger partial charge in [-0.2, -0.15) is 10.5 Å². The highest BCUT2D eigenvalue weighted by Gasteiger charge is 2.27. The zero-order valence-corrected chi connectivity index (χ0v) is 15.6. The Hall–Kier alpha value is -1.80. The molecule has 2 saturated carbocycles. The number of rotatable bonds is 4. The van der Waals surface area contributed by atoms with Crippen LogP contribution in [0.3, 0.4) is 0 Å². The highest BCUT2D eigenvalue weighted by Crippen LogP contribution is 2.41. The Morgan fingerprint density at radius 3 is 1.80 bits per heavy atom. The van der Waals surface area contributed by atoms with E-state index >= 15 is 0 Å². The van der Waals surface area contributed by atoms with Crippen molar-refractivity contribution in [3.63, 3.8) is 0 Å². The third-order valence-electron chi connectivity index (χ3n) is 6.52. The molecule has 2 aliphatic carbocycles. The fraction of sp³-hybridized carbons (Fsp3) is 0.652. The largest absolute Gasteiger partial charge is 0.192 e. The lowest BCUT2D eigenvalue weighted by atomic mass is 9.74. The van der Waals surface area contributed by atoms with Gasteiger partial charge in [-0.05, 0) is 67.4 Å². The molecule has 0 bridgehead atoms. The van der Waals surface area contributed by atoms with Gasteiger partial charge in [0.05, 0.1) is 11.1 Å². The molecule has 0 aliphatic heterocycles. The van der Waals surface area contributed by atoms with Crippen molar-refractivity contribution in [3.05, 3.63) is 34.4 Å². The summed E-state index contributed by atoms with van der Waals surface area (Å²) < 4.78 is 0. The molecule has 2 fully saturated rings. The van der Waals surface area contributed by atoms with Gasteiger partial charge in [-0.3, -0.25) is 0 Å². The first-order chi connectivity index (χ1) is 12.3. The van der Waals surface area contributed by atoms with Gasteiger partial charge in [0.2, 0.25) is 0 Å². The molecule has 0 unspecified atom stereocenters. The fourth-order valence-electron chi connectivity index (χ4n) is 5.14. The Morgan fingerprint density at radius 2 is 1.32 bits per heavy atom. The molecule has 0 aromatic heterocycles. The quantitative estimate of drug-likeness (QED) is 0.626. The van der Waals surface area contributed by atoms with Gasteiger partial charge in [-0.25, -0.2) is 0 Å². The van der Waals surface area contributed by atoms with Crippen LogP contribution in [0.15, 0.2) is 12.1 Å². The predicted octanol–water partition coefficient (Wildman–Crippen LogP) is 6.55. The lowest BCUT2D eigenvalue weighted by Crippen LogP contribution is -2.15. The maximum absolute atomic E-state index is 9.82. The molecule has 2 nitrogen and oxygen atoms in total. The van der Waals surface area contributed by atoms with Crippen molar-refractivity contribution in [2.75, 3.05) is 0 Å². The van der Waals surface area contributed by atoms with Crippen molar-refractivity contribution < 1.29 is 0 Å².